The zero-order chi connectivity index (χ0) is 20.0. The van der Waals surface area contributed by atoms with Crippen molar-refractivity contribution in [3.8, 4) is 0 Å². The predicted octanol–water partition coefficient (Wildman–Crippen LogP) is 2.27. The number of carbonyl (C=O) groups is 1. The van der Waals surface area contributed by atoms with Gasteiger partial charge in [-0.05, 0) is 34.1 Å². The molecule has 9 heteroatoms. The van der Waals surface area contributed by atoms with Crippen LogP contribution in [0.5, 0.6) is 0 Å². The molecule has 1 atom stereocenters. The van der Waals surface area contributed by atoms with E-state index in [2.05, 4.69) is 27.4 Å². The van der Waals surface area contributed by atoms with Crippen LogP contribution in [0.2, 0.25) is 0 Å². The van der Waals surface area contributed by atoms with Crippen molar-refractivity contribution < 1.29 is 9.53 Å². The molecular weight excluding hydrogens is 364 g/mol. The van der Waals surface area contributed by atoms with Crippen LogP contribution in [0.1, 0.15) is 39.8 Å². The SMILES string of the molecule is CCNC(=NCc1csc(N(C)C)n1)N1CCC(NC(=O)OC(C)(C)C)C1. The van der Waals surface area contributed by atoms with Crippen LogP contribution >= 0.6 is 11.3 Å². The van der Waals surface area contributed by atoms with E-state index in [0.717, 1.165) is 36.3 Å². The molecule has 0 aromatic carbocycles. The number of guanidine groups is 1. The van der Waals surface area contributed by atoms with Crippen molar-refractivity contribution >= 4 is 28.5 Å². The lowest BCUT2D eigenvalue weighted by Gasteiger charge is -2.23. The van der Waals surface area contributed by atoms with Gasteiger partial charge in [0.1, 0.15) is 5.60 Å². The van der Waals surface area contributed by atoms with Gasteiger partial charge in [-0.15, -0.1) is 11.3 Å². The van der Waals surface area contributed by atoms with Gasteiger partial charge in [0.15, 0.2) is 11.1 Å². The number of hydrogen-bond donors (Lipinski definition) is 2. The summed E-state index contributed by atoms with van der Waals surface area (Å²) in [6.45, 7) is 10.5. The summed E-state index contributed by atoms with van der Waals surface area (Å²) in [7, 11) is 3.97. The zero-order valence-electron chi connectivity index (χ0n) is 17.2. The van der Waals surface area contributed by atoms with E-state index in [9.17, 15) is 4.79 Å². The average Bonchev–Trinajstić information content (AvgIpc) is 3.19. The van der Waals surface area contributed by atoms with E-state index >= 15 is 0 Å². The highest BCUT2D eigenvalue weighted by Gasteiger charge is 2.27. The number of ether oxygens (including phenoxy) is 1. The Balaban J connectivity index is 1.93. The number of anilines is 1. The van der Waals surface area contributed by atoms with Crippen molar-refractivity contribution in [2.75, 3.05) is 38.6 Å². The summed E-state index contributed by atoms with van der Waals surface area (Å²) in [5.74, 6) is 0.852. The molecule has 1 aliphatic heterocycles. The third-order valence-corrected chi connectivity index (χ3v) is 4.91. The first kappa shape index (κ1) is 21.3. The van der Waals surface area contributed by atoms with Crippen LogP contribution in [0.15, 0.2) is 10.4 Å². The number of carbonyl (C=O) groups excluding carboxylic acids is 1. The molecule has 0 radical (unpaired) electrons. The van der Waals surface area contributed by atoms with Crippen LogP contribution in [0, 0.1) is 0 Å². The summed E-state index contributed by atoms with van der Waals surface area (Å²) in [6, 6.07) is 0.0586. The molecule has 8 nitrogen and oxygen atoms in total. The lowest BCUT2D eigenvalue weighted by Crippen LogP contribution is -2.44. The number of hydrogen-bond acceptors (Lipinski definition) is 6. The topological polar surface area (TPSA) is 82.1 Å². The van der Waals surface area contributed by atoms with E-state index in [1.54, 1.807) is 11.3 Å². The second-order valence-electron chi connectivity index (χ2n) is 7.76. The van der Waals surface area contributed by atoms with Gasteiger partial charge in [-0.25, -0.2) is 14.8 Å². The van der Waals surface area contributed by atoms with Crippen LogP contribution in [0.3, 0.4) is 0 Å². The first-order chi connectivity index (χ1) is 12.7. The molecule has 2 N–H and O–H groups in total. The Morgan fingerprint density at radius 3 is 2.81 bits per heavy atom. The van der Waals surface area contributed by atoms with Crippen LogP contribution in [0.4, 0.5) is 9.93 Å². The lowest BCUT2D eigenvalue weighted by atomic mass is 10.2. The van der Waals surface area contributed by atoms with Crippen molar-refractivity contribution in [3.63, 3.8) is 0 Å². The number of rotatable bonds is 5. The Bertz CT molecular complexity index is 653. The highest BCUT2D eigenvalue weighted by atomic mass is 32.1. The van der Waals surface area contributed by atoms with Gasteiger partial charge in [-0.3, -0.25) is 0 Å². The second kappa shape index (κ2) is 9.25. The molecule has 1 fully saturated rings. The van der Waals surface area contributed by atoms with E-state index in [0.29, 0.717) is 13.1 Å². The maximum atomic E-state index is 12.0. The minimum Gasteiger partial charge on any atom is -0.444 e. The van der Waals surface area contributed by atoms with Crippen molar-refractivity contribution in [3.05, 3.63) is 11.1 Å². The Morgan fingerprint density at radius 2 is 2.22 bits per heavy atom. The van der Waals surface area contributed by atoms with Gasteiger partial charge in [-0.1, -0.05) is 0 Å². The Labute approximate surface area is 166 Å². The Kier molecular flexibility index (Phi) is 7.29. The predicted molar refractivity (Wildman–Crippen MR) is 111 cm³/mol. The number of thiazole rings is 1. The molecule has 0 bridgehead atoms. The molecular formula is C18H32N6O2S. The maximum Gasteiger partial charge on any atom is 0.407 e. The molecule has 1 aliphatic rings. The van der Waals surface area contributed by atoms with Gasteiger partial charge < -0.3 is 25.2 Å². The highest BCUT2D eigenvalue weighted by molar-refractivity contribution is 7.13. The summed E-state index contributed by atoms with van der Waals surface area (Å²) in [5.41, 5.74) is 0.472. The van der Waals surface area contributed by atoms with Crippen LogP contribution in [0.25, 0.3) is 0 Å². The average molecular weight is 397 g/mol. The maximum absolute atomic E-state index is 12.0. The van der Waals surface area contributed by atoms with Gasteiger partial charge in [0.05, 0.1) is 18.3 Å². The van der Waals surface area contributed by atoms with E-state index in [4.69, 9.17) is 9.73 Å². The van der Waals surface area contributed by atoms with E-state index in [1.807, 2.05) is 45.1 Å². The molecule has 1 saturated heterocycles. The first-order valence-corrected chi connectivity index (χ1v) is 10.2. The largest absolute Gasteiger partial charge is 0.444 e. The number of aliphatic imine (C=N–C) groups is 1. The summed E-state index contributed by atoms with van der Waals surface area (Å²) in [5, 5.41) is 9.30. The number of nitrogens with zero attached hydrogens (tertiary/aromatic N) is 4. The van der Waals surface area contributed by atoms with Crippen LogP contribution in [-0.4, -0.2) is 67.3 Å². The Hall–Kier alpha value is -2.03. The van der Waals surface area contributed by atoms with Gasteiger partial charge in [-0.2, -0.15) is 0 Å². The van der Waals surface area contributed by atoms with Crippen molar-refractivity contribution in [2.24, 2.45) is 4.99 Å². The first-order valence-electron chi connectivity index (χ1n) is 9.32. The van der Waals surface area contributed by atoms with E-state index < -0.39 is 5.60 Å². The molecule has 2 heterocycles. The lowest BCUT2D eigenvalue weighted by molar-refractivity contribution is 0.0507. The molecule has 27 heavy (non-hydrogen) atoms. The molecule has 0 aliphatic carbocycles. The van der Waals surface area contributed by atoms with Gasteiger partial charge >= 0.3 is 6.09 Å². The van der Waals surface area contributed by atoms with Crippen LogP contribution < -0.4 is 15.5 Å². The number of nitrogens with one attached hydrogen (secondary N) is 2. The van der Waals surface area contributed by atoms with Crippen molar-refractivity contribution in [2.45, 2.75) is 52.3 Å². The monoisotopic (exact) mass is 396 g/mol. The number of amides is 1. The molecule has 152 valence electrons. The summed E-state index contributed by atoms with van der Waals surface area (Å²) >= 11 is 1.62. The quantitative estimate of drug-likeness (QED) is 0.587. The summed E-state index contributed by atoms with van der Waals surface area (Å²) in [4.78, 5) is 25.4. The van der Waals surface area contributed by atoms with Gasteiger partial charge in [0.25, 0.3) is 0 Å². The minimum absolute atomic E-state index is 0.0586. The van der Waals surface area contributed by atoms with E-state index in [-0.39, 0.29) is 12.1 Å². The standard InChI is InChI=1S/C18H32N6O2S/c1-7-19-15(20-10-14-12-27-16(21-14)23(5)6)24-9-8-13(11-24)22-17(25)26-18(2,3)4/h12-13H,7-11H2,1-6H3,(H,19,20)(H,22,25). The van der Waals surface area contributed by atoms with Crippen molar-refractivity contribution in [1.29, 1.82) is 0 Å². The molecule has 1 unspecified atom stereocenters. The number of aromatic nitrogens is 1. The minimum atomic E-state index is -0.488. The fourth-order valence-electron chi connectivity index (χ4n) is 2.70. The molecule has 2 rings (SSSR count). The molecule has 0 spiro atoms. The van der Waals surface area contributed by atoms with Gasteiger partial charge in [0.2, 0.25) is 0 Å². The smallest absolute Gasteiger partial charge is 0.407 e. The highest BCUT2D eigenvalue weighted by Crippen LogP contribution is 2.19. The van der Waals surface area contributed by atoms with Crippen molar-refractivity contribution in [1.82, 2.24) is 20.5 Å². The fourth-order valence-corrected chi connectivity index (χ4v) is 3.45. The second-order valence-corrected chi connectivity index (χ2v) is 8.60. The summed E-state index contributed by atoms with van der Waals surface area (Å²) in [6.07, 6.45) is 0.500. The van der Waals surface area contributed by atoms with Crippen LogP contribution in [-0.2, 0) is 11.3 Å². The molecule has 1 aromatic rings. The third kappa shape index (κ3) is 6.89. The van der Waals surface area contributed by atoms with E-state index in [1.165, 1.54) is 0 Å². The Morgan fingerprint density at radius 1 is 1.48 bits per heavy atom. The zero-order valence-corrected chi connectivity index (χ0v) is 18.0. The summed E-state index contributed by atoms with van der Waals surface area (Å²) < 4.78 is 5.34. The normalized spacial score (nSPS) is 17.8. The molecule has 1 amide bonds. The number of likely N-dealkylation sites (tertiary alicyclic amines) is 1. The number of alkyl carbamates (subject to hydrolysis) is 1. The van der Waals surface area contributed by atoms with Gasteiger partial charge in [0, 0.05) is 39.1 Å². The molecule has 0 saturated carbocycles. The fraction of sp³-hybridized carbons (Fsp3) is 0.722. The third-order valence-electron chi connectivity index (χ3n) is 3.86. The molecule has 1 aromatic heterocycles.